The number of fused-ring (bicyclic) bond motifs is 2. The molecule has 0 aromatic heterocycles. The van der Waals surface area contributed by atoms with Crippen LogP contribution in [0.4, 0.5) is 5.69 Å². The Kier molecular flexibility index (Phi) is 4.09. The topological polar surface area (TPSA) is 43.0 Å². The summed E-state index contributed by atoms with van der Waals surface area (Å²) in [4.78, 5) is 2.55. The number of nitrogens with one attached hydrogen (secondary N) is 1. The molecule has 5 rings (SSSR count). The van der Waals surface area contributed by atoms with E-state index >= 15 is 0 Å². The van der Waals surface area contributed by atoms with Gasteiger partial charge >= 0.3 is 0 Å². The maximum atomic E-state index is 5.62. The number of benzene rings is 2. The second-order valence-corrected chi connectivity index (χ2v) is 7.33. The Hall–Kier alpha value is -2.40. The van der Waals surface area contributed by atoms with E-state index in [1.165, 1.54) is 24.0 Å². The standard InChI is InChI=1S/C21H24N2O3/c1-2-18(22-17-4-6-20-21(11-17)26-14-25-20)13-23(8-1)12-15-3-5-19-16(10-15)7-9-24-19/h3-6,10-11,18,22H,1-2,7-9,12-14H2. The van der Waals surface area contributed by atoms with Crippen LogP contribution in [0.15, 0.2) is 36.4 Å². The number of nitrogens with zero attached hydrogens (tertiary/aromatic N) is 1. The molecule has 3 aliphatic rings. The van der Waals surface area contributed by atoms with Crippen molar-refractivity contribution in [2.45, 2.75) is 31.8 Å². The van der Waals surface area contributed by atoms with Gasteiger partial charge in [0, 0.05) is 37.3 Å². The van der Waals surface area contributed by atoms with Gasteiger partial charge in [-0.1, -0.05) is 12.1 Å². The number of ether oxygens (including phenoxy) is 3. The van der Waals surface area contributed by atoms with E-state index in [1.54, 1.807) is 0 Å². The number of anilines is 1. The molecule has 26 heavy (non-hydrogen) atoms. The fourth-order valence-electron chi connectivity index (χ4n) is 4.14. The van der Waals surface area contributed by atoms with Gasteiger partial charge in [-0.2, -0.15) is 0 Å². The molecule has 0 aliphatic carbocycles. The monoisotopic (exact) mass is 352 g/mol. The molecule has 0 saturated carbocycles. The molecule has 0 spiro atoms. The van der Waals surface area contributed by atoms with E-state index in [4.69, 9.17) is 14.2 Å². The van der Waals surface area contributed by atoms with Crippen molar-refractivity contribution >= 4 is 5.69 Å². The number of hydrogen-bond donors (Lipinski definition) is 1. The van der Waals surface area contributed by atoms with Gasteiger partial charge in [0.15, 0.2) is 11.5 Å². The van der Waals surface area contributed by atoms with Gasteiger partial charge < -0.3 is 19.5 Å². The first kappa shape index (κ1) is 15.8. The molecule has 0 bridgehead atoms. The molecule has 1 saturated heterocycles. The Morgan fingerprint density at radius 1 is 1.00 bits per heavy atom. The molecule has 1 unspecified atom stereocenters. The SMILES string of the molecule is c1cc2c(cc1CN1CCCC(Nc3ccc4c(c3)OCO4)C1)CCO2. The minimum absolute atomic E-state index is 0.321. The van der Waals surface area contributed by atoms with E-state index < -0.39 is 0 Å². The molecular formula is C21H24N2O3. The lowest BCUT2D eigenvalue weighted by Crippen LogP contribution is -2.41. The van der Waals surface area contributed by atoms with Crippen molar-refractivity contribution < 1.29 is 14.2 Å². The fraction of sp³-hybridized carbons (Fsp3) is 0.429. The molecule has 1 fully saturated rings. The summed E-state index contributed by atoms with van der Waals surface area (Å²) >= 11 is 0. The molecule has 2 aromatic rings. The first-order chi connectivity index (χ1) is 12.8. The molecule has 2 aromatic carbocycles. The highest BCUT2D eigenvalue weighted by Gasteiger charge is 2.22. The smallest absolute Gasteiger partial charge is 0.231 e. The summed E-state index contributed by atoms with van der Waals surface area (Å²) in [5, 5.41) is 3.67. The summed E-state index contributed by atoms with van der Waals surface area (Å²) in [6.07, 6.45) is 3.46. The Balaban J connectivity index is 1.22. The molecule has 0 amide bonds. The van der Waals surface area contributed by atoms with E-state index in [9.17, 15) is 0 Å². The van der Waals surface area contributed by atoms with Crippen molar-refractivity contribution in [1.29, 1.82) is 0 Å². The molecule has 5 nitrogen and oxygen atoms in total. The van der Waals surface area contributed by atoms with Crippen LogP contribution < -0.4 is 19.5 Å². The van der Waals surface area contributed by atoms with Gasteiger partial charge in [0.05, 0.1) is 6.61 Å². The molecule has 136 valence electrons. The lowest BCUT2D eigenvalue weighted by Gasteiger charge is -2.33. The molecule has 3 heterocycles. The summed E-state index contributed by atoms with van der Waals surface area (Å²) in [5.41, 5.74) is 3.85. The first-order valence-electron chi connectivity index (χ1n) is 9.47. The zero-order chi connectivity index (χ0) is 17.3. The summed E-state index contributed by atoms with van der Waals surface area (Å²) < 4.78 is 16.5. The second kappa shape index (κ2) is 6.72. The van der Waals surface area contributed by atoms with E-state index in [0.717, 1.165) is 55.6 Å². The van der Waals surface area contributed by atoms with Crippen molar-refractivity contribution in [3.63, 3.8) is 0 Å². The maximum Gasteiger partial charge on any atom is 0.231 e. The van der Waals surface area contributed by atoms with Crippen molar-refractivity contribution in [2.24, 2.45) is 0 Å². The van der Waals surface area contributed by atoms with Crippen LogP contribution in [-0.2, 0) is 13.0 Å². The number of rotatable bonds is 4. The van der Waals surface area contributed by atoms with Gasteiger partial charge in [0.1, 0.15) is 5.75 Å². The number of hydrogen-bond acceptors (Lipinski definition) is 5. The van der Waals surface area contributed by atoms with Gasteiger partial charge in [0.2, 0.25) is 6.79 Å². The number of piperidine rings is 1. The van der Waals surface area contributed by atoms with Crippen LogP contribution in [0.1, 0.15) is 24.0 Å². The van der Waals surface area contributed by atoms with Crippen LogP contribution in [0.2, 0.25) is 0 Å². The van der Waals surface area contributed by atoms with Gasteiger partial charge in [-0.25, -0.2) is 0 Å². The molecular weight excluding hydrogens is 328 g/mol. The minimum atomic E-state index is 0.321. The normalized spacial score (nSPS) is 21.3. The van der Waals surface area contributed by atoms with Crippen molar-refractivity contribution in [3.8, 4) is 17.2 Å². The highest BCUT2D eigenvalue weighted by Crippen LogP contribution is 2.34. The van der Waals surface area contributed by atoms with Crippen LogP contribution in [0.3, 0.4) is 0 Å². The van der Waals surface area contributed by atoms with Crippen molar-refractivity contribution in [1.82, 2.24) is 4.90 Å². The highest BCUT2D eigenvalue weighted by atomic mass is 16.7. The van der Waals surface area contributed by atoms with Gasteiger partial charge in [-0.05, 0) is 48.7 Å². The predicted octanol–water partition coefficient (Wildman–Crippen LogP) is 3.43. The zero-order valence-corrected chi connectivity index (χ0v) is 14.9. The fourth-order valence-corrected chi connectivity index (χ4v) is 4.14. The molecule has 0 radical (unpaired) electrons. The number of likely N-dealkylation sites (tertiary alicyclic amines) is 1. The summed E-state index contributed by atoms with van der Waals surface area (Å²) in [5.74, 6) is 2.74. The van der Waals surface area contributed by atoms with E-state index in [-0.39, 0.29) is 0 Å². The minimum Gasteiger partial charge on any atom is -0.493 e. The maximum absolute atomic E-state index is 5.62. The van der Waals surface area contributed by atoms with E-state index in [1.807, 2.05) is 12.1 Å². The van der Waals surface area contributed by atoms with Crippen LogP contribution >= 0.6 is 0 Å². The lowest BCUT2D eigenvalue weighted by molar-refractivity contribution is 0.174. The zero-order valence-electron chi connectivity index (χ0n) is 14.9. The molecule has 5 heteroatoms. The quantitative estimate of drug-likeness (QED) is 0.913. The third-order valence-electron chi connectivity index (χ3n) is 5.41. The van der Waals surface area contributed by atoms with Gasteiger partial charge in [-0.3, -0.25) is 4.90 Å². The van der Waals surface area contributed by atoms with Crippen molar-refractivity contribution in [3.05, 3.63) is 47.5 Å². The predicted molar refractivity (Wildman–Crippen MR) is 100 cm³/mol. The van der Waals surface area contributed by atoms with Crippen molar-refractivity contribution in [2.75, 3.05) is 31.8 Å². The average Bonchev–Trinajstić information content (AvgIpc) is 3.30. The highest BCUT2D eigenvalue weighted by molar-refractivity contribution is 5.56. The largest absolute Gasteiger partial charge is 0.493 e. The summed E-state index contributed by atoms with van der Waals surface area (Å²) in [6, 6.07) is 13.2. The van der Waals surface area contributed by atoms with Crippen LogP contribution in [-0.4, -0.2) is 37.4 Å². The first-order valence-corrected chi connectivity index (χ1v) is 9.47. The summed E-state index contributed by atoms with van der Waals surface area (Å²) in [7, 11) is 0. The molecule has 1 atom stereocenters. The van der Waals surface area contributed by atoms with Crippen LogP contribution in [0.5, 0.6) is 17.2 Å². The van der Waals surface area contributed by atoms with Gasteiger partial charge in [0.25, 0.3) is 0 Å². The Labute approximate surface area is 153 Å². The third kappa shape index (κ3) is 3.19. The second-order valence-electron chi connectivity index (χ2n) is 7.33. The van der Waals surface area contributed by atoms with E-state index in [0.29, 0.717) is 12.8 Å². The Morgan fingerprint density at radius 3 is 2.92 bits per heavy atom. The Morgan fingerprint density at radius 2 is 1.92 bits per heavy atom. The van der Waals surface area contributed by atoms with E-state index in [2.05, 4.69) is 34.5 Å². The average molecular weight is 352 g/mol. The van der Waals surface area contributed by atoms with Crippen LogP contribution in [0, 0.1) is 0 Å². The van der Waals surface area contributed by atoms with Gasteiger partial charge in [-0.15, -0.1) is 0 Å². The third-order valence-corrected chi connectivity index (χ3v) is 5.41. The lowest BCUT2D eigenvalue weighted by atomic mass is 10.0. The summed E-state index contributed by atoms with van der Waals surface area (Å²) in [6.45, 7) is 4.37. The molecule has 1 N–H and O–H groups in total. The Bertz CT molecular complexity index is 742. The van der Waals surface area contributed by atoms with Crippen LogP contribution in [0.25, 0.3) is 0 Å². The molecule has 3 aliphatic heterocycles.